The number of nitro groups is 1. The van der Waals surface area contributed by atoms with E-state index in [-0.39, 0.29) is 0 Å². The van der Waals surface area contributed by atoms with Gasteiger partial charge in [-0.25, -0.2) is 0 Å². The summed E-state index contributed by atoms with van der Waals surface area (Å²) in [5.74, 6) is 1.22. The molecule has 0 saturated carbocycles. The zero-order chi connectivity index (χ0) is 15.8. The van der Waals surface area contributed by atoms with Crippen molar-refractivity contribution < 1.29 is 9.66 Å². The lowest BCUT2D eigenvalue weighted by Crippen LogP contribution is -2.37. The molecule has 1 fully saturated rings. The SMILES string of the molecule is CCN(CCN(C)C(=C[N+](=O)[O-])SC)CC1COCC1C. The molecule has 0 bridgehead atoms. The number of ether oxygens (including phenoxy) is 1. The Hall–Kier alpha value is -0.790. The first kappa shape index (κ1) is 18.3. The van der Waals surface area contributed by atoms with Crippen molar-refractivity contribution in [2.45, 2.75) is 13.8 Å². The summed E-state index contributed by atoms with van der Waals surface area (Å²) in [6.07, 6.45) is 2.94. The summed E-state index contributed by atoms with van der Waals surface area (Å²) in [5, 5.41) is 11.3. The van der Waals surface area contributed by atoms with Gasteiger partial charge < -0.3 is 14.5 Å². The minimum atomic E-state index is -0.391. The highest BCUT2D eigenvalue weighted by molar-refractivity contribution is 8.02. The molecule has 21 heavy (non-hydrogen) atoms. The van der Waals surface area contributed by atoms with Crippen LogP contribution in [0.2, 0.25) is 0 Å². The maximum absolute atomic E-state index is 10.6. The highest BCUT2D eigenvalue weighted by Gasteiger charge is 2.25. The summed E-state index contributed by atoms with van der Waals surface area (Å²) >= 11 is 1.41. The van der Waals surface area contributed by atoms with Gasteiger partial charge in [-0.3, -0.25) is 10.1 Å². The third kappa shape index (κ3) is 6.23. The van der Waals surface area contributed by atoms with Crippen LogP contribution in [0.5, 0.6) is 0 Å². The van der Waals surface area contributed by atoms with Crippen LogP contribution in [0.3, 0.4) is 0 Å². The molecule has 0 aliphatic carbocycles. The molecule has 0 aromatic carbocycles. The quantitative estimate of drug-likeness (QED) is 0.478. The van der Waals surface area contributed by atoms with Crippen LogP contribution in [0.25, 0.3) is 0 Å². The molecule has 1 saturated heterocycles. The van der Waals surface area contributed by atoms with Crippen molar-refractivity contribution in [1.29, 1.82) is 0 Å². The lowest BCUT2D eigenvalue weighted by Gasteiger charge is -2.28. The fraction of sp³-hybridized carbons (Fsp3) is 0.857. The van der Waals surface area contributed by atoms with Gasteiger partial charge in [0, 0.05) is 33.3 Å². The van der Waals surface area contributed by atoms with Gasteiger partial charge in [0.25, 0.3) is 6.20 Å². The van der Waals surface area contributed by atoms with E-state index in [1.54, 1.807) is 0 Å². The molecule has 0 amide bonds. The van der Waals surface area contributed by atoms with Crippen LogP contribution in [-0.4, -0.2) is 67.4 Å². The molecule has 1 heterocycles. The minimum Gasteiger partial charge on any atom is -0.381 e. The first-order valence-electron chi connectivity index (χ1n) is 7.38. The van der Waals surface area contributed by atoms with Gasteiger partial charge in [-0.2, -0.15) is 0 Å². The molecule has 0 radical (unpaired) electrons. The third-order valence-electron chi connectivity index (χ3n) is 4.01. The van der Waals surface area contributed by atoms with Crippen LogP contribution in [0, 0.1) is 22.0 Å². The van der Waals surface area contributed by atoms with Crippen LogP contribution in [0.4, 0.5) is 0 Å². The molecule has 0 aromatic rings. The average Bonchev–Trinajstić information content (AvgIpc) is 2.85. The fourth-order valence-corrected chi connectivity index (χ4v) is 3.04. The third-order valence-corrected chi connectivity index (χ3v) is 4.85. The van der Waals surface area contributed by atoms with Crippen molar-refractivity contribution in [3.8, 4) is 0 Å². The second-order valence-corrected chi connectivity index (χ2v) is 6.37. The van der Waals surface area contributed by atoms with E-state index < -0.39 is 4.92 Å². The summed E-state index contributed by atoms with van der Waals surface area (Å²) < 4.78 is 5.52. The van der Waals surface area contributed by atoms with Crippen molar-refractivity contribution >= 4 is 11.8 Å². The molecular weight excluding hydrogens is 290 g/mol. The van der Waals surface area contributed by atoms with E-state index in [2.05, 4.69) is 18.7 Å². The largest absolute Gasteiger partial charge is 0.381 e. The van der Waals surface area contributed by atoms with Gasteiger partial charge in [0.1, 0.15) is 5.03 Å². The Bertz CT molecular complexity index is 365. The van der Waals surface area contributed by atoms with Gasteiger partial charge in [-0.1, -0.05) is 13.8 Å². The van der Waals surface area contributed by atoms with E-state index in [9.17, 15) is 10.1 Å². The Balaban J connectivity index is 2.44. The molecule has 1 aliphatic rings. The first-order chi connectivity index (χ1) is 9.97. The molecule has 6 nitrogen and oxygen atoms in total. The molecule has 1 rings (SSSR count). The van der Waals surface area contributed by atoms with Crippen LogP contribution in [0.15, 0.2) is 11.2 Å². The topological polar surface area (TPSA) is 58.9 Å². The molecular formula is C14H27N3O3S. The second-order valence-electron chi connectivity index (χ2n) is 5.55. The van der Waals surface area contributed by atoms with Gasteiger partial charge in [0.15, 0.2) is 0 Å². The molecule has 122 valence electrons. The maximum Gasteiger partial charge on any atom is 0.264 e. The Morgan fingerprint density at radius 1 is 1.48 bits per heavy atom. The van der Waals surface area contributed by atoms with E-state index in [0.29, 0.717) is 16.9 Å². The van der Waals surface area contributed by atoms with E-state index in [4.69, 9.17) is 4.74 Å². The van der Waals surface area contributed by atoms with Crippen molar-refractivity contribution in [2.24, 2.45) is 11.8 Å². The van der Waals surface area contributed by atoms with Crippen molar-refractivity contribution in [3.63, 3.8) is 0 Å². The Morgan fingerprint density at radius 3 is 2.67 bits per heavy atom. The van der Waals surface area contributed by atoms with Crippen LogP contribution < -0.4 is 0 Å². The molecule has 0 N–H and O–H groups in total. The van der Waals surface area contributed by atoms with Crippen LogP contribution >= 0.6 is 11.8 Å². The van der Waals surface area contributed by atoms with Gasteiger partial charge in [-0.15, -0.1) is 11.8 Å². The normalized spacial score (nSPS) is 22.8. The lowest BCUT2D eigenvalue weighted by atomic mass is 9.97. The number of rotatable bonds is 9. The highest BCUT2D eigenvalue weighted by atomic mass is 32.2. The maximum atomic E-state index is 10.6. The van der Waals surface area contributed by atoms with Gasteiger partial charge in [-0.05, 0) is 24.6 Å². The van der Waals surface area contributed by atoms with Crippen molar-refractivity contribution in [2.75, 3.05) is 52.7 Å². The number of hydrogen-bond donors (Lipinski definition) is 0. The summed E-state index contributed by atoms with van der Waals surface area (Å²) in [5.41, 5.74) is 0. The van der Waals surface area contributed by atoms with Crippen molar-refractivity contribution in [3.05, 3.63) is 21.3 Å². The zero-order valence-electron chi connectivity index (χ0n) is 13.4. The monoisotopic (exact) mass is 317 g/mol. The van der Waals surface area contributed by atoms with E-state index in [1.807, 2.05) is 18.2 Å². The average molecular weight is 317 g/mol. The zero-order valence-corrected chi connectivity index (χ0v) is 14.3. The first-order valence-corrected chi connectivity index (χ1v) is 8.60. The predicted octanol–water partition coefficient (Wildman–Crippen LogP) is 1.96. The van der Waals surface area contributed by atoms with E-state index in [1.165, 1.54) is 11.8 Å². The molecule has 0 aromatic heterocycles. The van der Waals surface area contributed by atoms with Crippen LogP contribution in [0.1, 0.15) is 13.8 Å². The Morgan fingerprint density at radius 2 is 2.19 bits per heavy atom. The lowest BCUT2D eigenvalue weighted by molar-refractivity contribution is -0.403. The molecule has 1 aliphatic heterocycles. The van der Waals surface area contributed by atoms with Gasteiger partial charge in [0.2, 0.25) is 0 Å². The highest BCUT2D eigenvalue weighted by Crippen LogP contribution is 2.21. The minimum absolute atomic E-state index is 0.391. The standard InChI is InChI=1S/C14H27N3O3S/c1-5-16(8-13-11-20-10-12(13)2)7-6-15(3)14(21-4)9-17(18)19/h9,12-13H,5-8,10-11H2,1-4H3. The second kappa shape index (κ2) is 9.27. The summed E-state index contributed by atoms with van der Waals surface area (Å²) in [7, 11) is 1.90. The number of thioether (sulfide) groups is 1. The number of hydrogen-bond acceptors (Lipinski definition) is 6. The molecule has 7 heteroatoms. The predicted molar refractivity (Wildman–Crippen MR) is 86.8 cm³/mol. The van der Waals surface area contributed by atoms with Crippen LogP contribution in [-0.2, 0) is 4.74 Å². The van der Waals surface area contributed by atoms with Gasteiger partial charge in [0.05, 0.1) is 11.5 Å². The van der Waals surface area contributed by atoms with Gasteiger partial charge >= 0.3 is 0 Å². The number of likely N-dealkylation sites (N-methyl/N-ethyl adjacent to an activating group) is 2. The smallest absolute Gasteiger partial charge is 0.264 e. The Kier molecular flexibility index (Phi) is 8.06. The van der Waals surface area contributed by atoms with E-state index >= 15 is 0 Å². The summed E-state index contributed by atoms with van der Waals surface area (Å²) in [4.78, 5) is 14.6. The Labute approximate surface area is 131 Å². The fourth-order valence-electron chi connectivity index (χ4n) is 2.45. The summed E-state index contributed by atoms with van der Waals surface area (Å²) in [6.45, 7) is 9.84. The molecule has 2 unspecified atom stereocenters. The van der Waals surface area contributed by atoms with Crippen molar-refractivity contribution in [1.82, 2.24) is 9.80 Å². The number of nitrogens with zero attached hydrogens (tertiary/aromatic N) is 3. The molecule has 2 atom stereocenters. The molecule has 0 spiro atoms. The summed E-state index contributed by atoms with van der Waals surface area (Å²) in [6, 6.07) is 0. The van der Waals surface area contributed by atoms with E-state index in [0.717, 1.165) is 45.6 Å².